The van der Waals surface area contributed by atoms with Gasteiger partial charge in [0.15, 0.2) is 6.29 Å². The second-order valence-electron chi connectivity index (χ2n) is 4.54. The summed E-state index contributed by atoms with van der Waals surface area (Å²) in [4.78, 5) is 15.1. The van der Waals surface area contributed by atoms with Gasteiger partial charge in [0.25, 0.3) is 0 Å². The van der Waals surface area contributed by atoms with Crippen molar-refractivity contribution in [1.29, 1.82) is 10.7 Å². The van der Waals surface area contributed by atoms with Crippen molar-refractivity contribution in [3.63, 3.8) is 0 Å². The molecule has 1 atom stereocenters. The second-order valence-corrected chi connectivity index (χ2v) is 5.21. The number of hydrogen-bond acceptors (Lipinski definition) is 6. The van der Waals surface area contributed by atoms with Crippen molar-refractivity contribution < 1.29 is 18.3 Å². The first-order chi connectivity index (χ1) is 12.3. The van der Waals surface area contributed by atoms with Crippen molar-refractivity contribution in [2.75, 3.05) is 5.32 Å². The zero-order valence-corrected chi connectivity index (χ0v) is 15.2. The first kappa shape index (κ1) is 21.1. The van der Waals surface area contributed by atoms with Crippen LogP contribution in [-0.2, 0) is 0 Å². The predicted molar refractivity (Wildman–Crippen MR) is 98.4 cm³/mol. The lowest BCUT2D eigenvalue weighted by Gasteiger charge is -2.14. The van der Waals surface area contributed by atoms with Gasteiger partial charge in [0.05, 0.1) is 5.56 Å². The molecule has 2 rings (SSSR count). The van der Waals surface area contributed by atoms with Crippen LogP contribution in [0.25, 0.3) is 0 Å². The molecule has 0 amide bonds. The molecule has 2 N–H and O–H groups in total. The largest absolute Gasteiger partial charge is 0.430 e. The molecule has 0 aliphatic rings. The predicted octanol–water partition coefficient (Wildman–Crippen LogP) is 4.36. The van der Waals surface area contributed by atoms with Crippen LogP contribution in [0.5, 0.6) is 5.75 Å². The van der Waals surface area contributed by atoms with Gasteiger partial charge in [-0.1, -0.05) is 13.8 Å². The zero-order chi connectivity index (χ0) is 19.7. The first-order valence-corrected chi connectivity index (χ1v) is 8.08. The van der Waals surface area contributed by atoms with Gasteiger partial charge in [-0.25, -0.2) is 4.98 Å². The first-order valence-electron chi connectivity index (χ1n) is 7.50. The third kappa shape index (κ3) is 5.87. The highest BCUT2D eigenvalue weighted by atomic mass is 31.0. The number of nitrogens with zero attached hydrogens (tertiary/aromatic N) is 2. The van der Waals surface area contributed by atoms with Crippen LogP contribution >= 0.6 is 9.24 Å². The molecule has 0 bridgehead atoms. The molecule has 0 fully saturated rings. The van der Waals surface area contributed by atoms with Crippen molar-refractivity contribution in [2.45, 2.75) is 19.7 Å². The lowest BCUT2D eigenvalue weighted by molar-refractivity contribution is -0.0892. The number of aromatic nitrogens is 1. The van der Waals surface area contributed by atoms with Crippen LogP contribution < -0.4 is 10.1 Å². The molecule has 9 heteroatoms. The highest BCUT2D eigenvalue weighted by molar-refractivity contribution is 7.17. The monoisotopic (exact) mass is 378 g/mol. The van der Waals surface area contributed by atoms with Gasteiger partial charge < -0.3 is 10.1 Å². The van der Waals surface area contributed by atoms with Crippen LogP contribution in [0, 0.1) is 16.7 Å². The molecule has 0 saturated heterocycles. The number of benzene rings is 1. The Morgan fingerprint density at radius 2 is 1.96 bits per heavy atom. The number of carbonyl (C=O) groups excluding carboxylic acids is 1. The fraction of sp³-hybridized carbons (Fsp3) is 0.176. The number of nitrogens with one attached hydrogen (secondary N) is 2. The summed E-state index contributed by atoms with van der Waals surface area (Å²) in [7, 11) is 1.27. The normalized spacial score (nSPS) is 10.0. The molecule has 0 spiro atoms. The number of halogens is 2. The summed E-state index contributed by atoms with van der Waals surface area (Å²) in [5.41, 5.74) is 0.237. The van der Waals surface area contributed by atoms with Gasteiger partial charge in [-0.15, -0.1) is 0 Å². The maximum atomic E-state index is 12.7. The molecule has 1 aromatic carbocycles. The van der Waals surface area contributed by atoms with E-state index in [1.165, 1.54) is 45.8 Å². The molecule has 1 aromatic heterocycles. The van der Waals surface area contributed by atoms with E-state index in [4.69, 9.17) is 10.7 Å². The fourth-order valence-electron chi connectivity index (χ4n) is 1.89. The molecule has 0 saturated carbocycles. The van der Waals surface area contributed by atoms with Crippen molar-refractivity contribution in [2.24, 2.45) is 0 Å². The third-order valence-electron chi connectivity index (χ3n) is 2.84. The minimum atomic E-state index is -3.37. The van der Waals surface area contributed by atoms with Crippen LogP contribution in [0.4, 0.5) is 20.3 Å². The molecular formula is C17H17F2N4O2P. The topological polar surface area (TPSA) is 98.9 Å². The van der Waals surface area contributed by atoms with E-state index in [1.807, 2.05) is 13.8 Å². The highest BCUT2D eigenvalue weighted by Crippen LogP contribution is 2.29. The number of aldehydes is 1. The summed E-state index contributed by atoms with van der Waals surface area (Å²) in [6.07, 6.45) is 1.87. The minimum absolute atomic E-state index is 0.0415. The molecule has 0 radical (unpaired) electrons. The average molecular weight is 378 g/mol. The molecule has 2 aromatic rings. The van der Waals surface area contributed by atoms with Gasteiger partial charge >= 0.3 is 5.85 Å². The van der Waals surface area contributed by atoms with Gasteiger partial charge in [-0.3, -0.25) is 10.2 Å². The molecule has 0 aliphatic carbocycles. The van der Waals surface area contributed by atoms with E-state index >= 15 is 0 Å². The van der Waals surface area contributed by atoms with Gasteiger partial charge in [-0.05, 0) is 39.6 Å². The van der Waals surface area contributed by atoms with Gasteiger partial charge in [0.1, 0.15) is 23.3 Å². The average Bonchev–Trinajstić information content (AvgIpc) is 2.63. The van der Waals surface area contributed by atoms with Crippen molar-refractivity contribution in [3.05, 3.63) is 47.7 Å². The van der Waals surface area contributed by atoms with E-state index in [1.54, 1.807) is 6.07 Å². The highest BCUT2D eigenvalue weighted by Gasteiger charge is 2.23. The Balaban J connectivity index is 0.00000163. The van der Waals surface area contributed by atoms with Crippen molar-refractivity contribution in [1.82, 2.24) is 4.98 Å². The van der Waals surface area contributed by atoms with E-state index in [-0.39, 0.29) is 22.7 Å². The maximum Gasteiger partial charge on any atom is 0.408 e. The standard InChI is InChI=1S/C15H11F2N4O2P.C2H6/c16-15(17,24)23-11-3-1-10(2-4-11)21-14-13(12(19)7-18)9(8-22)5-6-20-14;1-2/h1-6,8,19H,24H2,(H,20,21);1-2H3. The number of carbonyl (C=O) groups is 1. The van der Waals surface area contributed by atoms with Crippen LogP contribution in [0.2, 0.25) is 0 Å². The molecule has 6 nitrogen and oxygen atoms in total. The van der Waals surface area contributed by atoms with Crippen molar-refractivity contribution >= 4 is 32.7 Å². The number of alkyl halides is 2. The van der Waals surface area contributed by atoms with E-state index < -0.39 is 11.6 Å². The van der Waals surface area contributed by atoms with Crippen LogP contribution in [-0.4, -0.2) is 22.8 Å². The molecule has 1 heterocycles. The molecule has 26 heavy (non-hydrogen) atoms. The van der Waals surface area contributed by atoms with Crippen LogP contribution in [0.15, 0.2) is 36.5 Å². The summed E-state index contributed by atoms with van der Waals surface area (Å²) in [6.45, 7) is 4.00. The molecule has 0 aliphatic heterocycles. The van der Waals surface area contributed by atoms with Gasteiger partial charge in [0.2, 0.25) is 0 Å². The summed E-state index contributed by atoms with van der Waals surface area (Å²) in [5, 5.41) is 19.4. The fourth-order valence-corrected chi connectivity index (χ4v) is 2.02. The van der Waals surface area contributed by atoms with E-state index in [0.29, 0.717) is 12.0 Å². The Morgan fingerprint density at radius 3 is 2.46 bits per heavy atom. The zero-order valence-electron chi connectivity index (χ0n) is 14.1. The summed E-state index contributed by atoms with van der Waals surface area (Å²) in [6, 6.07) is 8.60. The third-order valence-corrected chi connectivity index (χ3v) is 2.96. The summed E-state index contributed by atoms with van der Waals surface area (Å²) < 4.78 is 29.9. The van der Waals surface area contributed by atoms with E-state index in [2.05, 4.69) is 15.0 Å². The summed E-state index contributed by atoms with van der Waals surface area (Å²) >= 11 is 0. The Morgan fingerprint density at radius 1 is 1.35 bits per heavy atom. The van der Waals surface area contributed by atoms with Gasteiger partial charge in [0, 0.05) is 17.4 Å². The smallest absolute Gasteiger partial charge is 0.408 e. The summed E-state index contributed by atoms with van der Waals surface area (Å²) in [5.74, 6) is -3.28. The Labute approximate surface area is 151 Å². The van der Waals surface area contributed by atoms with Gasteiger partial charge in [-0.2, -0.15) is 14.0 Å². The maximum absolute atomic E-state index is 12.7. The van der Waals surface area contributed by atoms with Crippen LogP contribution in [0.1, 0.15) is 29.8 Å². The lowest BCUT2D eigenvalue weighted by atomic mass is 10.1. The van der Waals surface area contributed by atoms with Crippen molar-refractivity contribution in [3.8, 4) is 11.8 Å². The van der Waals surface area contributed by atoms with E-state index in [9.17, 15) is 13.6 Å². The SMILES string of the molecule is CC.N#CC(=N)c1c(C=O)ccnc1Nc1ccc(OC(F)(F)P)cc1. The Bertz CT molecular complexity index is 815. The second kappa shape index (κ2) is 9.54. The van der Waals surface area contributed by atoms with Crippen LogP contribution in [0.3, 0.4) is 0 Å². The number of rotatable bonds is 6. The minimum Gasteiger partial charge on any atom is -0.430 e. The molecule has 136 valence electrons. The lowest BCUT2D eigenvalue weighted by Crippen LogP contribution is -2.14. The quantitative estimate of drug-likeness (QED) is 0.442. The Kier molecular flexibility index (Phi) is 7.76. The molecular weight excluding hydrogens is 361 g/mol. The number of ether oxygens (including phenoxy) is 1. The number of nitriles is 1. The molecule has 1 unspecified atom stereocenters. The number of hydrogen-bond donors (Lipinski definition) is 2. The van der Waals surface area contributed by atoms with E-state index in [0.717, 1.165) is 0 Å². The number of anilines is 2. The number of pyridine rings is 1. The Hall–Kier alpha value is -2.91.